The number of hydrogen-bond donors (Lipinski definition) is 2. The summed E-state index contributed by atoms with van der Waals surface area (Å²) < 4.78 is 26.5. The van der Waals surface area contributed by atoms with Gasteiger partial charge in [-0.15, -0.1) is 0 Å². The van der Waals surface area contributed by atoms with E-state index in [2.05, 4.69) is 15.3 Å². The largest absolute Gasteiger partial charge is 0.353 e. The number of nitrogens with two attached hydrogens (primary N) is 1. The summed E-state index contributed by atoms with van der Waals surface area (Å²) in [6, 6.07) is 3.25. The molecule has 4 nitrogen and oxygen atoms in total. The third-order valence-corrected chi connectivity index (χ3v) is 2.32. The van der Waals surface area contributed by atoms with Crippen LogP contribution in [0.25, 0.3) is 11.1 Å². The molecule has 2 rings (SSSR count). The van der Waals surface area contributed by atoms with Gasteiger partial charge in [-0.2, -0.15) is 0 Å². The molecule has 0 bridgehead atoms. The van der Waals surface area contributed by atoms with E-state index in [9.17, 15) is 8.78 Å². The molecule has 3 N–H and O–H groups in total. The minimum Gasteiger partial charge on any atom is -0.353 e. The van der Waals surface area contributed by atoms with E-state index < -0.39 is 11.6 Å². The summed E-state index contributed by atoms with van der Waals surface area (Å²) in [6.45, 7) is 1.01. The Morgan fingerprint density at radius 1 is 1.17 bits per heavy atom. The molecule has 0 amide bonds. The van der Waals surface area contributed by atoms with Gasteiger partial charge in [0.2, 0.25) is 5.95 Å². The van der Waals surface area contributed by atoms with E-state index in [1.165, 1.54) is 12.4 Å². The van der Waals surface area contributed by atoms with Gasteiger partial charge < -0.3 is 11.1 Å². The summed E-state index contributed by atoms with van der Waals surface area (Å²) in [6.07, 6.45) is 2.87. The molecule has 94 valence electrons. The summed E-state index contributed by atoms with van der Waals surface area (Å²) in [5.41, 5.74) is 5.89. The second kappa shape index (κ2) is 5.50. The van der Waals surface area contributed by atoms with Gasteiger partial charge in [-0.1, -0.05) is 0 Å². The summed E-state index contributed by atoms with van der Waals surface area (Å²) in [7, 11) is 0. The van der Waals surface area contributed by atoms with Crippen LogP contribution in [0.5, 0.6) is 0 Å². The maximum atomic E-state index is 13.5. The lowest BCUT2D eigenvalue weighted by Crippen LogP contribution is -2.14. The van der Waals surface area contributed by atoms with Crippen LogP contribution in [-0.4, -0.2) is 23.1 Å². The molecule has 0 aliphatic heterocycles. The van der Waals surface area contributed by atoms with Crippen molar-refractivity contribution in [2.75, 3.05) is 18.4 Å². The molecule has 1 aromatic heterocycles. The van der Waals surface area contributed by atoms with Crippen molar-refractivity contribution in [2.24, 2.45) is 5.73 Å². The monoisotopic (exact) mass is 250 g/mol. The summed E-state index contributed by atoms with van der Waals surface area (Å²) >= 11 is 0. The molecule has 2 aromatic rings. The molecule has 1 heterocycles. The fraction of sp³-hybridized carbons (Fsp3) is 0.167. The van der Waals surface area contributed by atoms with Crippen LogP contribution in [0, 0.1) is 11.6 Å². The number of anilines is 1. The van der Waals surface area contributed by atoms with Gasteiger partial charge in [0.25, 0.3) is 0 Å². The maximum Gasteiger partial charge on any atom is 0.222 e. The van der Waals surface area contributed by atoms with E-state index in [0.717, 1.165) is 18.2 Å². The molecule has 0 unspecified atom stereocenters. The zero-order valence-electron chi connectivity index (χ0n) is 9.53. The first-order chi connectivity index (χ1) is 8.70. The zero-order chi connectivity index (χ0) is 13.0. The predicted octanol–water partition coefficient (Wildman–Crippen LogP) is 1.79. The fourth-order valence-corrected chi connectivity index (χ4v) is 1.46. The van der Waals surface area contributed by atoms with E-state index in [-0.39, 0.29) is 5.56 Å². The Balaban J connectivity index is 2.25. The normalized spacial score (nSPS) is 10.4. The highest BCUT2D eigenvalue weighted by molar-refractivity contribution is 5.62. The third kappa shape index (κ3) is 2.78. The molecule has 6 heteroatoms. The highest BCUT2D eigenvalue weighted by Crippen LogP contribution is 2.22. The average Bonchev–Trinajstić information content (AvgIpc) is 2.40. The molecule has 1 aromatic carbocycles. The van der Waals surface area contributed by atoms with E-state index in [4.69, 9.17) is 5.73 Å². The third-order valence-electron chi connectivity index (χ3n) is 2.32. The SMILES string of the molecule is NCCNc1ncc(-c2cc(F)ccc2F)cn1. The first-order valence-corrected chi connectivity index (χ1v) is 5.42. The number of aromatic nitrogens is 2. The lowest BCUT2D eigenvalue weighted by molar-refractivity contribution is 0.603. The first-order valence-electron chi connectivity index (χ1n) is 5.42. The summed E-state index contributed by atoms with van der Waals surface area (Å²) in [4.78, 5) is 7.99. The number of benzene rings is 1. The lowest BCUT2D eigenvalue weighted by atomic mass is 10.1. The van der Waals surface area contributed by atoms with Crippen molar-refractivity contribution in [2.45, 2.75) is 0 Å². The van der Waals surface area contributed by atoms with Gasteiger partial charge >= 0.3 is 0 Å². The number of halogens is 2. The Morgan fingerprint density at radius 2 is 1.89 bits per heavy atom. The van der Waals surface area contributed by atoms with Crippen LogP contribution in [0.1, 0.15) is 0 Å². The number of nitrogens with zero attached hydrogens (tertiary/aromatic N) is 2. The Labute approximate surface area is 103 Å². The van der Waals surface area contributed by atoms with E-state index in [1.807, 2.05) is 0 Å². The molecule has 0 fully saturated rings. The Kier molecular flexibility index (Phi) is 3.78. The fourth-order valence-electron chi connectivity index (χ4n) is 1.46. The van der Waals surface area contributed by atoms with Gasteiger partial charge in [-0.05, 0) is 18.2 Å². The van der Waals surface area contributed by atoms with E-state index in [0.29, 0.717) is 24.6 Å². The van der Waals surface area contributed by atoms with Gasteiger partial charge in [-0.3, -0.25) is 0 Å². The molecular formula is C12H12F2N4. The van der Waals surface area contributed by atoms with Crippen molar-refractivity contribution >= 4 is 5.95 Å². The van der Waals surface area contributed by atoms with Crippen molar-refractivity contribution < 1.29 is 8.78 Å². The van der Waals surface area contributed by atoms with Gasteiger partial charge in [-0.25, -0.2) is 18.7 Å². The first kappa shape index (κ1) is 12.4. The Morgan fingerprint density at radius 3 is 2.56 bits per heavy atom. The standard InChI is InChI=1S/C12H12F2N4/c13-9-1-2-11(14)10(5-9)8-6-17-12(18-7-8)16-4-3-15/h1-2,5-7H,3-4,15H2,(H,16,17,18). The molecule has 0 spiro atoms. The Bertz CT molecular complexity index is 528. The number of rotatable bonds is 4. The van der Waals surface area contributed by atoms with Crippen LogP contribution in [0.2, 0.25) is 0 Å². The van der Waals surface area contributed by atoms with Crippen molar-refractivity contribution in [3.05, 3.63) is 42.2 Å². The van der Waals surface area contributed by atoms with E-state index >= 15 is 0 Å². The Hall–Kier alpha value is -2.08. The van der Waals surface area contributed by atoms with Gasteiger partial charge in [0.1, 0.15) is 11.6 Å². The second-order valence-corrected chi connectivity index (χ2v) is 3.63. The lowest BCUT2D eigenvalue weighted by Gasteiger charge is -2.05. The molecule has 0 aliphatic carbocycles. The van der Waals surface area contributed by atoms with Crippen LogP contribution in [0.15, 0.2) is 30.6 Å². The van der Waals surface area contributed by atoms with Gasteiger partial charge in [0.15, 0.2) is 0 Å². The van der Waals surface area contributed by atoms with Crippen LogP contribution in [0.3, 0.4) is 0 Å². The topological polar surface area (TPSA) is 63.8 Å². The van der Waals surface area contributed by atoms with Crippen LogP contribution < -0.4 is 11.1 Å². The van der Waals surface area contributed by atoms with Crippen molar-refractivity contribution in [1.82, 2.24) is 9.97 Å². The zero-order valence-corrected chi connectivity index (χ0v) is 9.53. The molecule has 0 radical (unpaired) electrons. The van der Waals surface area contributed by atoms with Crippen molar-refractivity contribution in [3.63, 3.8) is 0 Å². The minimum atomic E-state index is -0.511. The smallest absolute Gasteiger partial charge is 0.222 e. The van der Waals surface area contributed by atoms with Crippen LogP contribution >= 0.6 is 0 Å². The second-order valence-electron chi connectivity index (χ2n) is 3.63. The highest BCUT2D eigenvalue weighted by atomic mass is 19.1. The summed E-state index contributed by atoms with van der Waals surface area (Å²) in [5.74, 6) is -0.611. The molecule has 18 heavy (non-hydrogen) atoms. The number of hydrogen-bond acceptors (Lipinski definition) is 4. The molecule has 0 saturated carbocycles. The van der Waals surface area contributed by atoms with Crippen molar-refractivity contribution in [3.8, 4) is 11.1 Å². The van der Waals surface area contributed by atoms with Crippen LogP contribution in [0.4, 0.5) is 14.7 Å². The highest BCUT2D eigenvalue weighted by Gasteiger charge is 2.07. The summed E-state index contributed by atoms with van der Waals surface area (Å²) in [5, 5.41) is 2.88. The number of nitrogens with one attached hydrogen (secondary N) is 1. The van der Waals surface area contributed by atoms with Gasteiger partial charge in [0.05, 0.1) is 0 Å². The average molecular weight is 250 g/mol. The van der Waals surface area contributed by atoms with Crippen molar-refractivity contribution in [1.29, 1.82) is 0 Å². The minimum absolute atomic E-state index is 0.139. The molecular weight excluding hydrogens is 238 g/mol. The van der Waals surface area contributed by atoms with Gasteiger partial charge in [0, 0.05) is 36.6 Å². The molecule has 0 saturated heterocycles. The molecule has 0 atom stereocenters. The quantitative estimate of drug-likeness (QED) is 0.868. The predicted molar refractivity (Wildman–Crippen MR) is 64.9 cm³/mol. The maximum absolute atomic E-state index is 13.5. The molecule has 0 aliphatic rings. The van der Waals surface area contributed by atoms with E-state index in [1.54, 1.807) is 0 Å². The van der Waals surface area contributed by atoms with Crippen LogP contribution in [-0.2, 0) is 0 Å².